The molecule has 0 saturated carbocycles. The standard InChI is InChI=1S/C13H12N2O4S2/c1-9-4-2-3-5-12(9)20-13-7-6-10(21(14,18)19)8-11(13)15(16)17/h2-8H,1H3,(H2,14,18,19). The van der Waals surface area contributed by atoms with Crippen molar-refractivity contribution in [3.8, 4) is 0 Å². The molecule has 0 unspecified atom stereocenters. The van der Waals surface area contributed by atoms with Crippen molar-refractivity contribution in [3.05, 3.63) is 58.1 Å². The van der Waals surface area contributed by atoms with Crippen LogP contribution in [0.2, 0.25) is 0 Å². The lowest BCUT2D eigenvalue weighted by Crippen LogP contribution is -2.12. The second-order valence-corrected chi connectivity index (χ2v) is 6.94. The molecule has 110 valence electrons. The highest BCUT2D eigenvalue weighted by Crippen LogP contribution is 2.37. The molecule has 0 atom stereocenters. The molecule has 0 aliphatic heterocycles. The molecule has 0 aliphatic rings. The second kappa shape index (κ2) is 5.84. The van der Waals surface area contributed by atoms with Gasteiger partial charge in [-0.25, -0.2) is 13.6 Å². The van der Waals surface area contributed by atoms with Crippen molar-refractivity contribution in [1.29, 1.82) is 0 Å². The Hall–Kier alpha value is -1.90. The van der Waals surface area contributed by atoms with Gasteiger partial charge in [0.1, 0.15) is 0 Å². The lowest BCUT2D eigenvalue weighted by molar-refractivity contribution is -0.388. The molecule has 0 fully saturated rings. The zero-order valence-electron chi connectivity index (χ0n) is 11.0. The summed E-state index contributed by atoms with van der Waals surface area (Å²) in [6, 6.07) is 11.1. The average Bonchev–Trinajstić information content (AvgIpc) is 2.40. The fraction of sp³-hybridized carbons (Fsp3) is 0.0769. The Morgan fingerprint density at radius 3 is 2.38 bits per heavy atom. The zero-order valence-corrected chi connectivity index (χ0v) is 12.6. The number of hydrogen-bond donors (Lipinski definition) is 1. The second-order valence-electron chi connectivity index (χ2n) is 4.30. The first-order valence-electron chi connectivity index (χ1n) is 5.84. The number of sulfonamides is 1. The van der Waals surface area contributed by atoms with Crippen molar-refractivity contribution in [1.82, 2.24) is 0 Å². The van der Waals surface area contributed by atoms with E-state index in [4.69, 9.17) is 5.14 Å². The molecule has 0 saturated heterocycles. The van der Waals surface area contributed by atoms with Crippen LogP contribution in [-0.4, -0.2) is 13.3 Å². The Bertz CT molecular complexity index is 804. The van der Waals surface area contributed by atoms with Crippen molar-refractivity contribution >= 4 is 27.5 Å². The summed E-state index contributed by atoms with van der Waals surface area (Å²) in [6.45, 7) is 1.90. The summed E-state index contributed by atoms with van der Waals surface area (Å²) in [6.07, 6.45) is 0. The van der Waals surface area contributed by atoms with E-state index in [9.17, 15) is 18.5 Å². The molecule has 8 heteroatoms. The fourth-order valence-corrected chi connectivity index (χ4v) is 3.21. The Morgan fingerprint density at radius 2 is 1.81 bits per heavy atom. The van der Waals surface area contributed by atoms with Gasteiger partial charge in [-0.05, 0) is 30.7 Å². The van der Waals surface area contributed by atoms with Crippen molar-refractivity contribution in [3.63, 3.8) is 0 Å². The van der Waals surface area contributed by atoms with Crippen molar-refractivity contribution < 1.29 is 13.3 Å². The van der Waals surface area contributed by atoms with E-state index in [-0.39, 0.29) is 10.6 Å². The fourth-order valence-electron chi connectivity index (χ4n) is 1.69. The van der Waals surface area contributed by atoms with Crippen LogP contribution in [-0.2, 0) is 10.0 Å². The number of nitrogens with zero attached hydrogens (tertiary/aromatic N) is 1. The van der Waals surface area contributed by atoms with Gasteiger partial charge in [-0.3, -0.25) is 10.1 Å². The molecule has 0 amide bonds. The molecular weight excluding hydrogens is 312 g/mol. The van der Waals surface area contributed by atoms with Gasteiger partial charge in [0.2, 0.25) is 10.0 Å². The monoisotopic (exact) mass is 324 g/mol. The Balaban J connectivity index is 2.50. The number of nitrogens with two attached hydrogens (primary N) is 1. The van der Waals surface area contributed by atoms with Crippen molar-refractivity contribution in [2.45, 2.75) is 21.6 Å². The number of benzene rings is 2. The van der Waals surface area contributed by atoms with Crippen molar-refractivity contribution in [2.24, 2.45) is 5.14 Å². The first-order chi connectivity index (χ1) is 9.79. The van der Waals surface area contributed by atoms with Gasteiger partial charge in [0.25, 0.3) is 5.69 Å². The Labute approximate surface area is 126 Å². The topological polar surface area (TPSA) is 103 Å². The molecule has 2 rings (SSSR count). The van der Waals surface area contributed by atoms with E-state index in [2.05, 4.69) is 0 Å². The Morgan fingerprint density at radius 1 is 1.14 bits per heavy atom. The van der Waals surface area contributed by atoms with E-state index >= 15 is 0 Å². The minimum absolute atomic E-state index is 0.275. The molecule has 2 aromatic carbocycles. The van der Waals surface area contributed by atoms with E-state index in [1.54, 1.807) is 0 Å². The molecule has 0 aromatic heterocycles. The number of rotatable bonds is 4. The maximum Gasteiger partial charge on any atom is 0.284 e. The predicted molar refractivity (Wildman–Crippen MR) is 79.8 cm³/mol. The summed E-state index contributed by atoms with van der Waals surface area (Å²) in [4.78, 5) is 11.5. The predicted octanol–water partition coefficient (Wildman–Crippen LogP) is 2.70. The smallest absolute Gasteiger partial charge is 0.258 e. The van der Waals surface area contributed by atoms with Gasteiger partial charge in [-0.2, -0.15) is 0 Å². The van der Waals surface area contributed by atoms with Crippen LogP contribution in [0, 0.1) is 17.0 Å². The van der Waals surface area contributed by atoms with Crippen LogP contribution in [0.3, 0.4) is 0 Å². The van der Waals surface area contributed by atoms with E-state index in [0.29, 0.717) is 4.90 Å². The summed E-state index contributed by atoms with van der Waals surface area (Å²) in [5, 5.41) is 16.1. The van der Waals surface area contributed by atoms with Gasteiger partial charge in [-0.1, -0.05) is 30.0 Å². The van der Waals surface area contributed by atoms with Crippen LogP contribution < -0.4 is 5.14 Å². The minimum atomic E-state index is -3.97. The highest BCUT2D eigenvalue weighted by atomic mass is 32.2. The quantitative estimate of drug-likeness (QED) is 0.688. The molecule has 2 aromatic rings. The number of hydrogen-bond acceptors (Lipinski definition) is 5. The summed E-state index contributed by atoms with van der Waals surface area (Å²) in [5.74, 6) is 0. The van der Waals surface area contributed by atoms with Gasteiger partial charge in [-0.15, -0.1) is 0 Å². The zero-order chi connectivity index (χ0) is 15.6. The normalized spacial score (nSPS) is 11.3. The largest absolute Gasteiger partial charge is 0.284 e. The minimum Gasteiger partial charge on any atom is -0.258 e. The van der Waals surface area contributed by atoms with Gasteiger partial charge in [0.05, 0.1) is 14.7 Å². The van der Waals surface area contributed by atoms with Crippen LogP contribution in [0.1, 0.15) is 5.56 Å². The van der Waals surface area contributed by atoms with Crippen LogP contribution in [0.5, 0.6) is 0 Å². The Kier molecular flexibility index (Phi) is 4.31. The molecule has 0 heterocycles. The first-order valence-corrected chi connectivity index (χ1v) is 8.20. The third-order valence-corrected chi connectivity index (χ3v) is 4.92. The molecule has 0 aliphatic carbocycles. The SMILES string of the molecule is Cc1ccccc1Sc1ccc(S(N)(=O)=O)cc1[N+](=O)[O-]. The summed E-state index contributed by atoms with van der Waals surface area (Å²) in [5.41, 5.74) is 0.696. The summed E-state index contributed by atoms with van der Waals surface area (Å²) < 4.78 is 22.6. The van der Waals surface area contributed by atoms with Crippen LogP contribution in [0.15, 0.2) is 57.2 Å². The van der Waals surface area contributed by atoms with Gasteiger partial charge in [0.15, 0.2) is 0 Å². The first kappa shape index (κ1) is 15.5. The number of nitro groups is 1. The van der Waals surface area contributed by atoms with E-state index in [1.807, 2.05) is 31.2 Å². The maximum absolute atomic E-state index is 11.3. The van der Waals surface area contributed by atoms with E-state index < -0.39 is 14.9 Å². The number of nitro benzene ring substituents is 1. The molecule has 0 radical (unpaired) electrons. The van der Waals surface area contributed by atoms with Crippen LogP contribution >= 0.6 is 11.8 Å². The maximum atomic E-state index is 11.3. The summed E-state index contributed by atoms with van der Waals surface area (Å²) >= 11 is 1.21. The third kappa shape index (κ3) is 3.60. The lowest BCUT2D eigenvalue weighted by Gasteiger charge is -2.07. The van der Waals surface area contributed by atoms with E-state index in [1.165, 1.54) is 23.9 Å². The van der Waals surface area contributed by atoms with Crippen LogP contribution in [0.25, 0.3) is 0 Å². The molecule has 21 heavy (non-hydrogen) atoms. The molecule has 0 bridgehead atoms. The third-order valence-electron chi connectivity index (χ3n) is 2.77. The number of primary sulfonamides is 1. The molecule has 2 N–H and O–H groups in total. The van der Waals surface area contributed by atoms with Gasteiger partial charge < -0.3 is 0 Å². The van der Waals surface area contributed by atoms with Gasteiger partial charge >= 0.3 is 0 Å². The van der Waals surface area contributed by atoms with Crippen molar-refractivity contribution in [2.75, 3.05) is 0 Å². The molecular formula is C13H12N2O4S2. The van der Waals surface area contributed by atoms with Gasteiger partial charge in [0, 0.05) is 11.0 Å². The average molecular weight is 324 g/mol. The van der Waals surface area contributed by atoms with Crippen LogP contribution in [0.4, 0.5) is 5.69 Å². The summed E-state index contributed by atoms with van der Waals surface area (Å²) in [7, 11) is -3.97. The van der Waals surface area contributed by atoms with E-state index in [0.717, 1.165) is 16.5 Å². The lowest BCUT2D eigenvalue weighted by atomic mass is 10.2. The molecule has 6 nitrogen and oxygen atoms in total. The molecule has 0 spiro atoms. The highest BCUT2D eigenvalue weighted by Gasteiger charge is 2.20. The number of aryl methyl sites for hydroxylation is 1. The highest BCUT2D eigenvalue weighted by molar-refractivity contribution is 7.99.